The number of nitrogens with one attached hydrogen (secondary N) is 1. The van der Waals surface area contributed by atoms with Crippen molar-refractivity contribution in [3.8, 4) is 0 Å². The summed E-state index contributed by atoms with van der Waals surface area (Å²) in [4.78, 5) is 0.0291. The molecular formula is C18H13Cl4NO2S. The Morgan fingerprint density at radius 2 is 1.46 bits per heavy atom. The molecule has 0 saturated carbocycles. The van der Waals surface area contributed by atoms with E-state index >= 15 is 0 Å². The van der Waals surface area contributed by atoms with Crippen molar-refractivity contribution in [3.05, 3.63) is 77.3 Å². The zero-order valence-electron chi connectivity index (χ0n) is 13.2. The number of halogens is 4. The minimum atomic E-state index is -3.94. The van der Waals surface area contributed by atoms with Crippen LogP contribution >= 0.6 is 46.4 Å². The molecule has 0 saturated heterocycles. The summed E-state index contributed by atoms with van der Waals surface area (Å²) in [5.74, 6) is 0. The van der Waals surface area contributed by atoms with Crippen LogP contribution < -0.4 is 4.72 Å². The molecule has 1 unspecified atom stereocenters. The van der Waals surface area contributed by atoms with Crippen LogP contribution in [0.5, 0.6) is 0 Å². The van der Waals surface area contributed by atoms with Crippen molar-refractivity contribution >= 4 is 67.2 Å². The summed E-state index contributed by atoms with van der Waals surface area (Å²) in [5.41, 5.74) is 0.570. The molecule has 0 fully saturated rings. The maximum Gasteiger partial charge on any atom is 0.241 e. The molecule has 3 aromatic carbocycles. The number of rotatable bonds is 4. The van der Waals surface area contributed by atoms with E-state index in [9.17, 15) is 8.42 Å². The maximum atomic E-state index is 12.8. The normalized spacial score (nSPS) is 13.7. The number of fused-ring (bicyclic) bond motifs is 1. The van der Waals surface area contributed by atoms with Gasteiger partial charge in [0.1, 0.15) is 0 Å². The largest absolute Gasteiger partial charge is 0.241 e. The maximum absolute atomic E-state index is 12.8. The highest BCUT2D eigenvalue weighted by Crippen LogP contribution is 2.42. The summed E-state index contributed by atoms with van der Waals surface area (Å²) in [6.45, 7) is 0. The van der Waals surface area contributed by atoms with Crippen LogP contribution in [0.15, 0.2) is 71.6 Å². The molecule has 136 valence electrons. The van der Waals surface area contributed by atoms with E-state index < -0.39 is 19.9 Å². The van der Waals surface area contributed by atoms with Crippen molar-refractivity contribution in [2.75, 3.05) is 0 Å². The van der Waals surface area contributed by atoms with Crippen molar-refractivity contribution in [1.29, 1.82) is 0 Å². The van der Waals surface area contributed by atoms with E-state index in [4.69, 9.17) is 46.4 Å². The predicted molar refractivity (Wildman–Crippen MR) is 109 cm³/mol. The lowest BCUT2D eigenvalue weighted by atomic mass is 10.00. The van der Waals surface area contributed by atoms with Gasteiger partial charge in [-0.1, -0.05) is 88.9 Å². The van der Waals surface area contributed by atoms with Gasteiger partial charge in [-0.25, -0.2) is 8.42 Å². The third-order valence-corrected chi connectivity index (χ3v) is 6.20. The van der Waals surface area contributed by atoms with E-state index in [0.717, 1.165) is 10.8 Å². The minimum Gasteiger partial charge on any atom is -0.207 e. The van der Waals surface area contributed by atoms with Crippen LogP contribution in [0.2, 0.25) is 5.02 Å². The van der Waals surface area contributed by atoms with Crippen molar-refractivity contribution in [2.24, 2.45) is 0 Å². The van der Waals surface area contributed by atoms with Crippen LogP contribution in [0.1, 0.15) is 11.6 Å². The molecule has 0 aliphatic carbocycles. The highest BCUT2D eigenvalue weighted by molar-refractivity contribution is 7.89. The molecule has 3 aromatic rings. The van der Waals surface area contributed by atoms with E-state index in [0.29, 0.717) is 10.6 Å². The summed E-state index contributed by atoms with van der Waals surface area (Å²) in [6.07, 6.45) is 0. The summed E-state index contributed by atoms with van der Waals surface area (Å²) in [6, 6.07) is 17.6. The third-order valence-electron chi connectivity index (χ3n) is 3.86. The topological polar surface area (TPSA) is 46.2 Å². The molecular weight excluding hydrogens is 436 g/mol. The van der Waals surface area contributed by atoms with Gasteiger partial charge in [0, 0.05) is 5.02 Å². The standard InChI is InChI=1S/C18H13Cl4NO2S/c19-13-8-10-14(11-9-13)26(24,25)23-17(18(20,21)22)16-7-3-5-12-4-1-2-6-15(12)16/h1-11,17,23H. The second-order valence-corrected chi connectivity index (χ2v) is 10.1. The Labute approximate surface area is 171 Å². The molecule has 1 N–H and O–H groups in total. The summed E-state index contributed by atoms with van der Waals surface area (Å²) in [7, 11) is -3.94. The zero-order valence-corrected chi connectivity index (χ0v) is 17.0. The molecule has 0 bridgehead atoms. The van der Waals surface area contributed by atoms with Gasteiger partial charge in [0.05, 0.1) is 10.9 Å². The van der Waals surface area contributed by atoms with Gasteiger partial charge < -0.3 is 0 Å². The van der Waals surface area contributed by atoms with Crippen molar-refractivity contribution in [2.45, 2.75) is 14.7 Å². The second-order valence-electron chi connectivity index (χ2n) is 5.62. The summed E-state index contributed by atoms with van der Waals surface area (Å²) < 4.78 is 26.2. The number of benzene rings is 3. The quantitative estimate of drug-likeness (QED) is 0.506. The van der Waals surface area contributed by atoms with Crippen LogP contribution in [0.4, 0.5) is 0 Å². The van der Waals surface area contributed by atoms with Crippen LogP contribution in [-0.4, -0.2) is 12.2 Å². The van der Waals surface area contributed by atoms with Gasteiger partial charge in [-0.2, -0.15) is 4.72 Å². The summed E-state index contributed by atoms with van der Waals surface area (Å²) >= 11 is 24.2. The Kier molecular flexibility index (Phi) is 5.73. The Balaban J connectivity index is 2.09. The number of alkyl halides is 3. The van der Waals surface area contributed by atoms with E-state index in [1.165, 1.54) is 24.3 Å². The molecule has 0 aliphatic heterocycles. The van der Waals surface area contributed by atoms with Gasteiger partial charge in [-0.15, -0.1) is 0 Å². The minimum absolute atomic E-state index is 0.0291. The molecule has 0 heterocycles. The van der Waals surface area contributed by atoms with Gasteiger partial charge in [-0.3, -0.25) is 0 Å². The zero-order chi connectivity index (χ0) is 18.9. The first-order valence-electron chi connectivity index (χ1n) is 7.51. The van der Waals surface area contributed by atoms with E-state index in [1.807, 2.05) is 30.3 Å². The van der Waals surface area contributed by atoms with Gasteiger partial charge in [0.2, 0.25) is 13.8 Å². The van der Waals surface area contributed by atoms with Crippen LogP contribution in [0.25, 0.3) is 10.8 Å². The van der Waals surface area contributed by atoms with Crippen molar-refractivity contribution in [1.82, 2.24) is 4.72 Å². The molecule has 3 rings (SSSR count). The number of sulfonamides is 1. The van der Waals surface area contributed by atoms with Crippen LogP contribution in [0, 0.1) is 0 Å². The van der Waals surface area contributed by atoms with Gasteiger partial charge in [-0.05, 0) is 40.6 Å². The van der Waals surface area contributed by atoms with E-state index in [-0.39, 0.29) is 4.90 Å². The lowest BCUT2D eigenvalue weighted by Crippen LogP contribution is -2.36. The Hall–Kier alpha value is -1.01. The molecule has 0 radical (unpaired) electrons. The van der Waals surface area contributed by atoms with Gasteiger partial charge in [0.25, 0.3) is 0 Å². The third kappa shape index (κ3) is 4.28. The molecule has 0 aliphatic rings. The van der Waals surface area contributed by atoms with Crippen LogP contribution in [-0.2, 0) is 10.0 Å². The molecule has 0 aromatic heterocycles. The second kappa shape index (κ2) is 7.55. The van der Waals surface area contributed by atoms with E-state index in [2.05, 4.69) is 4.72 Å². The fourth-order valence-corrected chi connectivity index (χ4v) is 4.73. The molecule has 0 spiro atoms. The Bertz CT molecular complexity index is 1030. The Morgan fingerprint density at radius 1 is 0.846 bits per heavy atom. The molecule has 1 atom stereocenters. The van der Waals surface area contributed by atoms with Crippen molar-refractivity contribution < 1.29 is 8.42 Å². The average Bonchev–Trinajstić information content (AvgIpc) is 2.59. The lowest BCUT2D eigenvalue weighted by molar-refractivity contribution is 0.559. The first-order chi connectivity index (χ1) is 12.2. The monoisotopic (exact) mass is 447 g/mol. The Morgan fingerprint density at radius 3 is 2.12 bits per heavy atom. The van der Waals surface area contributed by atoms with E-state index in [1.54, 1.807) is 12.1 Å². The summed E-state index contributed by atoms with van der Waals surface area (Å²) in [5, 5.41) is 2.14. The highest BCUT2D eigenvalue weighted by atomic mass is 35.6. The first-order valence-corrected chi connectivity index (χ1v) is 10.5. The molecule has 3 nitrogen and oxygen atoms in total. The first kappa shape index (κ1) is 19.7. The lowest BCUT2D eigenvalue weighted by Gasteiger charge is -2.27. The molecule has 0 amide bonds. The smallest absolute Gasteiger partial charge is 0.207 e. The van der Waals surface area contributed by atoms with Crippen molar-refractivity contribution in [3.63, 3.8) is 0 Å². The van der Waals surface area contributed by atoms with Gasteiger partial charge >= 0.3 is 0 Å². The molecule has 8 heteroatoms. The number of hydrogen-bond donors (Lipinski definition) is 1. The molecule has 26 heavy (non-hydrogen) atoms. The average molecular weight is 449 g/mol. The fourth-order valence-electron chi connectivity index (χ4n) is 2.65. The SMILES string of the molecule is O=S(=O)(NC(c1cccc2ccccc12)C(Cl)(Cl)Cl)c1ccc(Cl)cc1. The highest BCUT2D eigenvalue weighted by Gasteiger charge is 2.38. The predicted octanol–water partition coefficient (Wildman–Crippen LogP) is 5.88. The fraction of sp³-hybridized carbons (Fsp3) is 0.111. The van der Waals surface area contributed by atoms with Gasteiger partial charge in [0.15, 0.2) is 0 Å². The number of hydrogen-bond acceptors (Lipinski definition) is 2. The van der Waals surface area contributed by atoms with Crippen LogP contribution in [0.3, 0.4) is 0 Å².